The van der Waals surface area contributed by atoms with Gasteiger partial charge in [0, 0.05) is 29.1 Å². The van der Waals surface area contributed by atoms with Gasteiger partial charge in [0.25, 0.3) is 5.91 Å². The number of carbonyl (C=O) groups excluding carboxylic acids is 1. The summed E-state index contributed by atoms with van der Waals surface area (Å²) in [6.45, 7) is 1.34. The van der Waals surface area contributed by atoms with E-state index in [1.54, 1.807) is 12.1 Å². The molecule has 1 aromatic heterocycles. The molecule has 0 bridgehead atoms. The molecule has 0 aliphatic rings. The van der Waals surface area contributed by atoms with Gasteiger partial charge in [0.2, 0.25) is 0 Å². The number of fused-ring (bicyclic) bond motifs is 1. The monoisotopic (exact) mass is 536 g/mol. The average Bonchev–Trinajstić information content (AvgIpc) is 3.38. The third kappa shape index (κ3) is 6.39. The first kappa shape index (κ1) is 27.1. The van der Waals surface area contributed by atoms with Gasteiger partial charge in [0.1, 0.15) is 23.9 Å². The maximum atomic E-state index is 13.6. The Balaban J connectivity index is 1.52. The van der Waals surface area contributed by atoms with Crippen LogP contribution in [0, 0.1) is 5.82 Å². The number of H-pyrrole nitrogens is 1. The van der Waals surface area contributed by atoms with Crippen molar-refractivity contribution in [3.05, 3.63) is 114 Å². The predicted octanol–water partition coefficient (Wildman–Crippen LogP) is 6.02. The number of hydrogen-bond acceptors (Lipinski definition) is 4. The lowest BCUT2D eigenvalue weighted by Crippen LogP contribution is -2.37. The van der Waals surface area contributed by atoms with Crippen LogP contribution in [0.5, 0.6) is 5.75 Å². The fourth-order valence-electron chi connectivity index (χ4n) is 4.76. The van der Waals surface area contributed by atoms with E-state index < -0.39 is 0 Å². The highest BCUT2D eigenvalue weighted by molar-refractivity contribution is 6.10. The lowest BCUT2D eigenvalue weighted by Gasteiger charge is -2.13. The smallest absolute Gasteiger partial charge is 0.268 e. The van der Waals surface area contributed by atoms with Gasteiger partial charge in [-0.15, -0.1) is 0 Å². The highest BCUT2D eigenvalue weighted by Gasteiger charge is 2.21. The van der Waals surface area contributed by atoms with Gasteiger partial charge in [0.15, 0.2) is 0 Å². The van der Waals surface area contributed by atoms with Crippen LogP contribution in [-0.2, 0) is 6.61 Å². The van der Waals surface area contributed by atoms with Crippen molar-refractivity contribution >= 4 is 16.8 Å². The molecule has 1 heterocycles. The summed E-state index contributed by atoms with van der Waals surface area (Å²) in [5.74, 6) is 0.164. The topological polar surface area (TPSA) is 106 Å². The first-order valence-electron chi connectivity index (χ1n) is 13.4. The van der Waals surface area contributed by atoms with Crippen molar-refractivity contribution < 1.29 is 13.9 Å². The Bertz CT molecular complexity index is 1580. The first-order valence-corrected chi connectivity index (χ1v) is 13.4. The summed E-state index contributed by atoms with van der Waals surface area (Å²) in [6, 6.07) is 29.8. The Morgan fingerprint density at radius 3 is 2.45 bits per heavy atom. The maximum absolute atomic E-state index is 13.6. The van der Waals surface area contributed by atoms with Crippen molar-refractivity contribution in [2.75, 3.05) is 13.1 Å². The number of aromatic nitrogens is 1. The number of ether oxygens (including phenoxy) is 1. The van der Waals surface area contributed by atoms with E-state index in [-0.39, 0.29) is 17.8 Å². The van der Waals surface area contributed by atoms with Crippen LogP contribution in [0.25, 0.3) is 33.2 Å². The van der Waals surface area contributed by atoms with Gasteiger partial charge in [-0.3, -0.25) is 4.79 Å². The van der Waals surface area contributed by atoms with E-state index in [4.69, 9.17) is 16.2 Å². The molecule has 6 N–H and O–H groups in total. The molecular formula is C33H33FN4O2. The number of amides is 1. The third-order valence-corrected chi connectivity index (χ3v) is 6.88. The Morgan fingerprint density at radius 1 is 0.900 bits per heavy atom. The summed E-state index contributed by atoms with van der Waals surface area (Å²) >= 11 is 0. The van der Waals surface area contributed by atoms with Crippen molar-refractivity contribution in [3.63, 3.8) is 0 Å². The van der Waals surface area contributed by atoms with Crippen LogP contribution in [0.15, 0.2) is 97.1 Å². The molecule has 40 heavy (non-hydrogen) atoms. The molecule has 1 atom stereocenters. The summed E-state index contributed by atoms with van der Waals surface area (Å²) in [7, 11) is 0. The number of nitrogens with one attached hydrogen (secondary N) is 2. The largest absolute Gasteiger partial charge is 0.489 e. The number of hydrogen-bond donors (Lipinski definition) is 4. The van der Waals surface area contributed by atoms with Gasteiger partial charge in [-0.2, -0.15) is 0 Å². The van der Waals surface area contributed by atoms with Gasteiger partial charge in [-0.05, 0) is 78.0 Å². The lowest BCUT2D eigenvalue weighted by molar-refractivity contribution is 0.0947. The Morgan fingerprint density at radius 2 is 1.68 bits per heavy atom. The molecule has 0 saturated heterocycles. The van der Waals surface area contributed by atoms with Crippen molar-refractivity contribution in [1.29, 1.82) is 0 Å². The van der Waals surface area contributed by atoms with Crippen molar-refractivity contribution in [2.24, 2.45) is 11.5 Å². The zero-order chi connectivity index (χ0) is 27.9. The van der Waals surface area contributed by atoms with E-state index in [2.05, 4.69) is 10.3 Å². The molecule has 6 nitrogen and oxygen atoms in total. The summed E-state index contributed by atoms with van der Waals surface area (Å²) in [4.78, 5) is 16.8. The zero-order valence-electron chi connectivity index (χ0n) is 22.2. The summed E-state index contributed by atoms with van der Waals surface area (Å²) in [6.07, 6.45) is 1.54. The van der Waals surface area contributed by atoms with E-state index >= 15 is 0 Å². The molecule has 7 heteroatoms. The van der Waals surface area contributed by atoms with E-state index in [0.29, 0.717) is 31.1 Å². The Hall–Kier alpha value is -4.46. The molecule has 0 radical (unpaired) electrons. The van der Waals surface area contributed by atoms with Crippen LogP contribution in [0.4, 0.5) is 4.39 Å². The van der Waals surface area contributed by atoms with Gasteiger partial charge < -0.3 is 26.5 Å². The summed E-state index contributed by atoms with van der Waals surface area (Å²) in [5.41, 5.74) is 17.5. The standard InChI is InChI=1S/C33H33FN4O2/c34-26-14-11-23(12-15-26)24-13-16-30-29(19-24)31(32(38-30)33(39)37-20-27(36)9-5-17-35)25-8-4-10-28(18-25)40-21-22-6-2-1-3-7-22/h1-4,6-8,10-16,18-19,27,38H,5,9,17,20-21,35-36H2,(H,37,39). The highest BCUT2D eigenvalue weighted by atomic mass is 19.1. The highest BCUT2D eigenvalue weighted by Crippen LogP contribution is 2.36. The molecule has 5 rings (SSSR count). The van der Waals surface area contributed by atoms with Crippen molar-refractivity contribution in [3.8, 4) is 28.0 Å². The number of nitrogens with two attached hydrogens (primary N) is 2. The van der Waals surface area contributed by atoms with E-state index in [1.165, 1.54) is 12.1 Å². The van der Waals surface area contributed by atoms with Gasteiger partial charge >= 0.3 is 0 Å². The van der Waals surface area contributed by atoms with Crippen molar-refractivity contribution in [2.45, 2.75) is 25.5 Å². The van der Waals surface area contributed by atoms with Gasteiger partial charge in [-0.1, -0.05) is 60.7 Å². The molecule has 0 aliphatic heterocycles. The fourth-order valence-corrected chi connectivity index (χ4v) is 4.76. The molecular weight excluding hydrogens is 503 g/mol. The minimum absolute atomic E-state index is 0.180. The Labute approximate surface area is 233 Å². The van der Waals surface area contributed by atoms with E-state index in [0.717, 1.165) is 51.6 Å². The zero-order valence-corrected chi connectivity index (χ0v) is 22.2. The minimum Gasteiger partial charge on any atom is -0.489 e. The van der Waals surface area contributed by atoms with Gasteiger partial charge in [0.05, 0.1) is 0 Å². The number of benzene rings is 4. The number of halogens is 1. The van der Waals surface area contributed by atoms with Crippen LogP contribution in [-0.4, -0.2) is 30.0 Å². The fraction of sp³-hybridized carbons (Fsp3) is 0.182. The van der Waals surface area contributed by atoms with Crippen LogP contribution in [0.2, 0.25) is 0 Å². The van der Waals surface area contributed by atoms with Crippen LogP contribution in [0.1, 0.15) is 28.9 Å². The number of carbonyl (C=O) groups is 1. The quantitative estimate of drug-likeness (QED) is 0.166. The van der Waals surface area contributed by atoms with Crippen LogP contribution in [0.3, 0.4) is 0 Å². The summed E-state index contributed by atoms with van der Waals surface area (Å²) in [5, 5.41) is 3.86. The van der Waals surface area contributed by atoms with E-state index in [9.17, 15) is 9.18 Å². The summed E-state index contributed by atoms with van der Waals surface area (Å²) < 4.78 is 19.7. The molecule has 4 aromatic carbocycles. The van der Waals surface area contributed by atoms with Crippen LogP contribution >= 0.6 is 0 Å². The molecule has 1 amide bonds. The van der Waals surface area contributed by atoms with Crippen LogP contribution < -0.4 is 21.5 Å². The maximum Gasteiger partial charge on any atom is 0.268 e. The Kier molecular flexibility index (Phi) is 8.54. The molecule has 0 aliphatic carbocycles. The molecule has 0 saturated carbocycles. The SMILES string of the molecule is NCCCC(N)CNC(=O)c1[nH]c2ccc(-c3ccc(F)cc3)cc2c1-c1cccc(OCc2ccccc2)c1. The second-order valence-electron chi connectivity index (χ2n) is 9.85. The molecule has 0 spiro atoms. The van der Waals surface area contributed by atoms with Crippen molar-refractivity contribution in [1.82, 2.24) is 10.3 Å². The first-order chi connectivity index (χ1) is 19.5. The molecule has 5 aromatic rings. The molecule has 1 unspecified atom stereocenters. The lowest BCUT2D eigenvalue weighted by atomic mass is 9.97. The number of aromatic amines is 1. The number of rotatable bonds is 11. The molecule has 204 valence electrons. The molecule has 0 fully saturated rings. The average molecular weight is 537 g/mol. The second-order valence-corrected chi connectivity index (χ2v) is 9.85. The van der Waals surface area contributed by atoms with Gasteiger partial charge in [-0.25, -0.2) is 4.39 Å². The minimum atomic E-state index is -0.289. The predicted molar refractivity (Wildman–Crippen MR) is 158 cm³/mol. The van der Waals surface area contributed by atoms with E-state index in [1.807, 2.05) is 72.8 Å². The second kappa shape index (κ2) is 12.6. The third-order valence-electron chi connectivity index (χ3n) is 6.88. The normalized spacial score (nSPS) is 11.9.